The van der Waals surface area contributed by atoms with Crippen LogP contribution in [0.25, 0.3) is 0 Å². The summed E-state index contributed by atoms with van der Waals surface area (Å²) < 4.78 is 11.0. The van der Waals surface area contributed by atoms with Crippen molar-refractivity contribution >= 4 is 0 Å². The summed E-state index contributed by atoms with van der Waals surface area (Å²) in [7, 11) is 1.72. The summed E-state index contributed by atoms with van der Waals surface area (Å²) in [4.78, 5) is 0. The average molecular weight is 249 g/mol. The van der Waals surface area contributed by atoms with E-state index in [1.807, 2.05) is 12.1 Å². The Labute approximate surface area is 109 Å². The van der Waals surface area contributed by atoms with E-state index in [0.717, 1.165) is 31.6 Å². The third-order valence-electron chi connectivity index (χ3n) is 3.56. The lowest BCUT2D eigenvalue weighted by molar-refractivity contribution is 0.132. The van der Waals surface area contributed by atoms with Crippen LogP contribution in [-0.4, -0.2) is 25.9 Å². The summed E-state index contributed by atoms with van der Waals surface area (Å²) in [5.74, 6) is 0.929. The summed E-state index contributed by atoms with van der Waals surface area (Å²) in [6.45, 7) is 0.758. The fraction of sp³-hybridized carbons (Fsp3) is 0.600. The standard InChI is InChI=1S/C15H23NO2/c1-17-11-10-12-6-8-13(9-7-12)18-15-5-3-2-4-14(15)16/h6-9,14-15H,2-5,10-11,16H2,1H3. The van der Waals surface area contributed by atoms with Crippen molar-refractivity contribution in [1.82, 2.24) is 0 Å². The number of nitrogens with two attached hydrogens (primary N) is 1. The van der Waals surface area contributed by atoms with Gasteiger partial charge in [0.15, 0.2) is 0 Å². The lowest BCUT2D eigenvalue weighted by Gasteiger charge is -2.29. The Balaban J connectivity index is 1.89. The van der Waals surface area contributed by atoms with Crippen molar-refractivity contribution in [3.63, 3.8) is 0 Å². The molecule has 0 bridgehead atoms. The molecule has 2 atom stereocenters. The van der Waals surface area contributed by atoms with Gasteiger partial charge < -0.3 is 15.2 Å². The second kappa shape index (κ2) is 6.76. The molecular weight excluding hydrogens is 226 g/mol. The fourth-order valence-corrected chi connectivity index (χ4v) is 2.40. The van der Waals surface area contributed by atoms with Crippen molar-refractivity contribution in [1.29, 1.82) is 0 Å². The molecular formula is C15H23NO2. The molecule has 100 valence electrons. The molecule has 0 radical (unpaired) electrons. The molecule has 1 aliphatic carbocycles. The first-order valence-corrected chi connectivity index (χ1v) is 6.79. The average Bonchev–Trinajstić information content (AvgIpc) is 2.41. The van der Waals surface area contributed by atoms with Gasteiger partial charge in [-0.1, -0.05) is 18.6 Å². The molecule has 1 aromatic carbocycles. The van der Waals surface area contributed by atoms with Gasteiger partial charge in [-0.25, -0.2) is 0 Å². The topological polar surface area (TPSA) is 44.5 Å². The van der Waals surface area contributed by atoms with Crippen LogP contribution in [0, 0.1) is 0 Å². The van der Waals surface area contributed by atoms with Crippen LogP contribution in [0.4, 0.5) is 0 Å². The first kappa shape index (κ1) is 13.4. The summed E-state index contributed by atoms with van der Waals surface area (Å²) in [6.07, 6.45) is 5.74. The summed E-state index contributed by atoms with van der Waals surface area (Å²) in [6, 6.07) is 8.45. The lowest BCUT2D eigenvalue weighted by atomic mass is 9.93. The van der Waals surface area contributed by atoms with Gasteiger partial charge in [-0.15, -0.1) is 0 Å². The minimum absolute atomic E-state index is 0.184. The Bertz CT molecular complexity index is 350. The highest BCUT2D eigenvalue weighted by Gasteiger charge is 2.23. The van der Waals surface area contributed by atoms with E-state index in [1.54, 1.807) is 7.11 Å². The number of rotatable bonds is 5. The highest BCUT2D eigenvalue weighted by Crippen LogP contribution is 2.23. The van der Waals surface area contributed by atoms with E-state index in [9.17, 15) is 0 Å². The van der Waals surface area contributed by atoms with Gasteiger partial charge in [0, 0.05) is 13.2 Å². The summed E-state index contributed by atoms with van der Waals surface area (Å²) >= 11 is 0. The van der Waals surface area contributed by atoms with Crippen LogP contribution >= 0.6 is 0 Å². The minimum Gasteiger partial charge on any atom is -0.489 e. The molecule has 0 saturated heterocycles. The summed E-state index contributed by atoms with van der Waals surface area (Å²) in [5, 5.41) is 0. The number of hydrogen-bond acceptors (Lipinski definition) is 3. The Hall–Kier alpha value is -1.06. The van der Waals surface area contributed by atoms with Gasteiger partial charge >= 0.3 is 0 Å². The molecule has 3 nitrogen and oxygen atoms in total. The van der Waals surface area contributed by atoms with Crippen LogP contribution in [0.2, 0.25) is 0 Å². The highest BCUT2D eigenvalue weighted by atomic mass is 16.5. The van der Waals surface area contributed by atoms with Gasteiger partial charge in [-0.3, -0.25) is 0 Å². The van der Waals surface area contributed by atoms with Gasteiger partial charge in [-0.2, -0.15) is 0 Å². The predicted octanol–water partition coefficient (Wildman–Crippen LogP) is 2.52. The first-order valence-electron chi connectivity index (χ1n) is 6.79. The molecule has 1 aliphatic rings. The van der Waals surface area contributed by atoms with Crippen molar-refractivity contribution in [3.05, 3.63) is 29.8 Å². The van der Waals surface area contributed by atoms with E-state index in [4.69, 9.17) is 15.2 Å². The molecule has 18 heavy (non-hydrogen) atoms. The van der Waals surface area contributed by atoms with Gasteiger partial charge in [0.05, 0.1) is 6.61 Å². The lowest BCUT2D eigenvalue weighted by Crippen LogP contribution is -2.41. The number of hydrogen-bond donors (Lipinski definition) is 1. The van der Waals surface area contributed by atoms with Crippen LogP contribution in [0.1, 0.15) is 31.2 Å². The van der Waals surface area contributed by atoms with E-state index < -0.39 is 0 Å². The maximum absolute atomic E-state index is 6.08. The van der Waals surface area contributed by atoms with Crippen LogP contribution < -0.4 is 10.5 Å². The minimum atomic E-state index is 0.184. The van der Waals surface area contributed by atoms with Crippen LogP contribution in [0.15, 0.2) is 24.3 Å². The smallest absolute Gasteiger partial charge is 0.119 e. The second-order valence-electron chi connectivity index (χ2n) is 4.99. The van der Waals surface area contributed by atoms with Crippen molar-refractivity contribution in [2.45, 2.75) is 44.2 Å². The first-order chi connectivity index (χ1) is 8.79. The largest absolute Gasteiger partial charge is 0.489 e. The molecule has 2 rings (SSSR count). The Morgan fingerprint density at radius 3 is 2.56 bits per heavy atom. The van der Waals surface area contributed by atoms with Crippen molar-refractivity contribution in [3.8, 4) is 5.75 Å². The molecule has 0 aliphatic heterocycles. The van der Waals surface area contributed by atoms with Crippen molar-refractivity contribution < 1.29 is 9.47 Å². The van der Waals surface area contributed by atoms with E-state index >= 15 is 0 Å². The molecule has 2 N–H and O–H groups in total. The molecule has 0 amide bonds. The number of methoxy groups -OCH3 is 1. The fourth-order valence-electron chi connectivity index (χ4n) is 2.40. The Kier molecular flexibility index (Phi) is 5.02. The molecule has 1 aromatic rings. The Morgan fingerprint density at radius 1 is 1.17 bits per heavy atom. The van der Waals surface area contributed by atoms with Crippen LogP contribution in [0.5, 0.6) is 5.75 Å². The zero-order valence-electron chi connectivity index (χ0n) is 11.1. The molecule has 0 heterocycles. The summed E-state index contributed by atoms with van der Waals surface area (Å²) in [5.41, 5.74) is 7.36. The van der Waals surface area contributed by atoms with Crippen molar-refractivity contribution in [2.75, 3.05) is 13.7 Å². The van der Waals surface area contributed by atoms with Crippen LogP contribution in [0.3, 0.4) is 0 Å². The SMILES string of the molecule is COCCc1ccc(OC2CCCCC2N)cc1. The molecule has 1 fully saturated rings. The molecule has 3 heteroatoms. The zero-order valence-corrected chi connectivity index (χ0v) is 11.1. The normalized spacial score (nSPS) is 23.9. The van der Waals surface area contributed by atoms with Gasteiger partial charge in [0.1, 0.15) is 11.9 Å². The molecule has 1 saturated carbocycles. The number of ether oxygens (including phenoxy) is 2. The van der Waals surface area contributed by atoms with E-state index in [2.05, 4.69) is 12.1 Å². The van der Waals surface area contributed by atoms with E-state index in [-0.39, 0.29) is 12.1 Å². The molecule has 2 unspecified atom stereocenters. The zero-order chi connectivity index (χ0) is 12.8. The van der Waals surface area contributed by atoms with E-state index in [1.165, 1.54) is 18.4 Å². The quantitative estimate of drug-likeness (QED) is 0.872. The maximum atomic E-state index is 6.08. The highest BCUT2D eigenvalue weighted by molar-refractivity contribution is 5.27. The van der Waals surface area contributed by atoms with Gasteiger partial charge in [0.2, 0.25) is 0 Å². The van der Waals surface area contributed by atoms with E-state index in [0.29, 0.717) is 0 Å². The molecule has 0 spiro atoms. The molecule has 0 aromatic heterocycles. The number of benzene rings is 1. The third-order valence-corrected chi connectivity index (χ3v) is 3.56. The van der Waals surface area contributed by atoms with Gasteiger partial charge in [0.25, 0.3) is 0 Å². The predicted molar refractivity (Wildman–Crippen MR) is 72.9 cm³/mol. The van der Waals surface area contributed by atoms with Gasteiger partial charge in [-0.05, 0) is 43.4 Å². The van der Waals surface area contributed by atoms with Crippen LogP contribution in [-0.2, 0) is 11.2 Å². The monoisotopic (exact) mass is 249 g/mol. The van der Waals surface area contributed by atoms with Crippen molar-refractivity contribution in [2.24, 2.45) is 5.73 Å². The third kappa shape index (κ3) is 3.72. The maximum Gasteiger partial charge on any atom is 0.119 e. The second-order valence-corrected chi connectivity index (χ2v) is 4.99. The Morgan fingerprint density at radius 2 is 1.89 bits per heavy atom.